The average molecular weight is 394 g/mol. The van der Waals surface area contributed by atoms with E-state index in [1.54, 1.807) is 20.4 Å². The fourth-order valence-electron chi connectivity index (χ4n) is 4.14. The molecule has 1 unspecified atom stereocenters. The van der Waals surface area contributed by atoms with Gasteiger partial charge in [0.15, 0.2) is 17.1 Å². The summed E-state index contributed by atoms with van der Waals surface area (Å²) in [5.41, 5.74) is 1.89. The largest absolute Gasteiger partial charge is 0.493 e. The summed E-state index contributed by atoms with van der Waals surface area (Å²) in [4.78, 5) is 27.4. The fraction of sp³-hybridized carbons (Fsp3) is 0.409. The highest BCUT2D eigenvalue weighted by atomic mass is 16.5. The Morgan fingerprint density at radius 1 is 1.17 bits per heavy atom. The number of hydrogen-bond acceptors (Lipinski definition) is 6. The third kappa shape index (κ3) is 3.52. The van der Waals surface area contributed by atoms with Crippen molar-refractivity contribution in [3.63, 3.8) is 0 Å². The Morgan fingerprint density at radius 3 is 2.76 bits per heavy atom. The Bertz CT molecular complexity index is 1080. The zero-order valence-electron chi connectivity index (χ0n) is 17.1. The number of H-pyrrole nitrogens is 1. The number of ether oxygens (including phenoxy) is 2. The maximum Gasteiger partial charge on any atom is 0.262 e. The minimum atomic E-state index is -0.177. The molecule has 1 aromatic carbocycles. The zero-order chi connectivity index (χ0) is 20.4. The summed E-state index contributed by atoms with van der Waals surface area (Å²) in [6, 6.07) is 7.82. The van der Waals surface area contributed by atoms with Crippen molar-refractivity contribution < 1.29 is 9.47 Å². The van der Waals surface area contributed by atoms with E-state index in [-0.39, 0.29) is 5.56 Å². The van der Waals surface area contributed by atoms with Crippen LogP contribution in [0.25, 0.3) is 22.2 Å². The quantitative estimate of drug-likeness (QED) is 0.710. The normalized spacial score (nSPS) is 16.8. The Kier molecular flexibility index (Phi) is 5.38. The molecule has 1 atom stereocenters. The standard InChI is InChI=1S/C22H26N4O3/c1-4-15-7-5-6-12-26(15)22-24-20-19(21(27)25-22)16(10-11-23-20)14-8-9-17(28-2)18(13-14)29-3/h8-11,13,15H,4-7,12H2,1-3H3,(H,23,24,25,27). The predicted octanol–water partition coefficient (Wildman–Crippen LogP) is 3.77. The van der Waals surface area contributed by atoms with Crippen LogP contribution in [0.5, 0.6) is 11.5 Å². The van der Waals surface area contributed by atoms with Gasteiger partial charge in [-0.25, -0.2) is 4.98 Å². The maximum absolute atomic E-state index is 13.1. The maximum atomic E-state index is 13.1. The molecule has 1 aliphatic rings. The first-order chi connectivity index (χ1) is 14.2. The van der Waals surface area contributed by atoms with E-state index in [2.05, 4.69) is 21.8 Å². The Hall–Kier alpha value is -3.09. The second kappa shape index (κ2) is 8.11. The number of benzene rings is 1. The fourth-order valence-corrected chi connectivity index (χ4v) is 4.14. The van der Waals surface area contributed by atoms with Crippen molar-refractivity contribution in [2.45, 2.75) is 38.6 Å². The van der Waals surface area contributed by atoms with E-state index in [4.69, 9.17) is 14.5 Å². The van der Waals surface area contributed by atoms with Crippen LogP contribution in [-0.4, -0.2) is 41.8 Å². The van der Waals surface area contributed by atoms with Gasteiger partial charge in [-0.05, 0) is 55.0 Å². The number of rotatable bonds is 5. The average Bonchev–Trinajstić information content (AvgIpc) is 2.78. The van der Waals surface area contributed by atoms with Gasteiger partial charge in [0, 0.05) is 18.8 Å². The topological polar surface area (TPSA) is 80.3 Å². The van der Waals surface area contributed by atoms with E-state index in [0.717, 1.165) is 36.9 Å². The SMILES string of the molecule is CCC1CCCCN1c1nc2nccc(-c3ccc(OC)c(OC)c3)c2c(=O)[nH]1. The number of nitrogens with zero attached hydrogens (tertiary/aromatic N) is 3. The number of aromatic amines is 1. The molecule has 4 rings (SSSR count). The minimum Gasteiger partial charge on any atom is -0.493 e. The molecule has 1 fully saturated rings. The molecular formula is C22H26N4O3. The van der Waals surface area contributed by atoms with Gasteiger partial charge in [0.2, 0.25) is 5.95 Å². The van der Waals surface area contributed by atoms with Crippen LogP contribution in [0.15, 0.2) is 35.3 Å². The van der Waals surface area contributed by atoms with E-state index < -0.39 is 0 Å². The number of nitrogens with one attached hydrogen (secondary N) is 1. The van der Waals surface area contributed by atoms with Crippen LogP contribution in [-0.2, 0) is 0 Å². The van der Waals surface area contributed by atoms with Gasteiger partial charge in [0.05, 0.1) is 19.6 Å². The number of methoxy groups -OCH3 is 2. The molecule has 0 aliphatic carbocycles. The molecular weight excluding hydrogens is 368 g/mol. The summed E-state index contributed by atoms with van der Waals surface area (Å²) < 4.78 is 10.7. The first-order valence-corrected chi connectivity index (χ1v) is 10.0. The van der Waals surface area contributed by atoms with Crippen LogP contribution in [0.3, 0.4) is 0 Å². The molecule has 0 bridgehead atoms. The second-order valence-corrected chi connectivity index (χ2v) is 7.27. The summed E-state index contributed by atoms with van der Waals surface area (Å²) in [6.07, 6.45) is 6.17. The van der Waals surface area contributed by atoms with Gasteiger partial charge >= 0.3 is 0 Å². The predicted molar refractivity (Wildman–Crippen MR) is 114 cm³/mol. The summed E-state index contributed by atoms with van der Waals surface area (Å²) in [5.74, 6) is 1.86. The lowest BCUT2D eigenvalue weighted by molar-refractivity contribution is 0.355. The van der Waals surface area contributed by atoms with E-state index in [9.17, 15) is 4.79 Å². The number of piperidine rings is 1. The Labute approximate surface area is 169 Å². The van der Waals surface area contributed by atoms with Gasteiger partial charge < -0.3 is 14.4 Å². The summed E-state index contributed by atoms with van der Waals surface area (Å²) in [6.45, 7) is 3.08. The third-order valence-corrected chi connectivity index (χ3v) is 5.66. The van der Waals surface area contributed by atoms with Crippen molar-refractivity contribution in [2.75, 3.05) is 25.7 Å². The highest BCUT2D eigenvalue weighted by Crippen LogP contribution is 2.34. The zero-order valence-corrected chi connectivity index (χ0v) is 17.1. The lowest BCUT2D eigenvalue weighted by atomic mass is 10.0. The molecule has 1 saturated heterocycles. The number of pyridine rings is 1. The van der Waals surface area contributed by atoms with Crippen LogP contribution >= 0.6 is 0 Å². The monoisotopic (exact) mass is 394 g/mol. The van der Waals surface area contributed by atoms with Crippen molar-refractivity contribution in [1.82, 2.24) is 15.0 Å². The lowest BCUT2D eigenvalue weighted by Gasteiger charge is -2.35. The van der Waals surface area contributed by atoms with E-state index >= 15 is 0 Å². The van der Waals surface area contributed by atoms with E-state index in [0.29, 0.717) is 34.5 Å². The Balaban J connectivity index is 1.83. The first kappa shape index (κ1) is 19.2. The molecule has 3 heterocycles. The van der Waals surface area contributed by atoms with Crippen molar-refractivity contribution >= 4 is 17.0 Å². The molecule has 152 valence electrons. The van der Waals surface area contributed by atoms with Gasteiger partial charge in [-0.3, -0.25) is 9.78 Å². The molecule has 7 nitrogen and oxygen atoms in total. The second-order valence-electron chi connectivity index (χ2n) is 7.27. The lowest BCUT2D eigenvalue weighted by Crippen LogP contribution is -2.41. The molecule has 0 amide bonds. The highest BCUT2D eigenvalue weighted by molar-refractivity contribution is 5.92. The van der Waals surface area contributed by atoms with Crippen molar-refractivity contribution in [1.29, 1.82) is 0 Å². The number of anilines is 1. The molecule has 0 radical (unpaired) electrons. The molecule has 29 heavy (non-hydrogen) atoms. The number of aromatic nitrogens is 3. The molecule has 2 aromatic heterocycles. The molecule has 0 spiro atoms. The van der Waals surface area contributed by atoms with E-state index in [1.165, 1.54) is 6.42 Å². The molecule has 7 heteroatoms. The molecule has 1 aliphatic heterocycles. The van der Waals surface area contributed by atoms with Crippen LogP contribution in [0, 0.1) is 0 Å². The Morgan fingerprint density at radius 2 is 2.00 bits per heavy atom. The first-order valence-electron chi connectivity index (χ1n) is 10.0. The van der Waals surface area contributed by atoms with Crippen molar-refractivity contribution in [2.24, 2.45) is 0 Å². The molecule has 3 aromatic rings. The third-order valence-electron chi connectivity index (χ3n) is 5.66. The van der Waals surface area contributed by atoms with E-state index in [1.807, 2.05) is 24.3 Å². The van der Waals surface area contributed by atoms with Crippen molar-refractivity contribution in [3.8, 4) is 22.6 Å². The minimum absolute atomic E-state index is 0.177. The van der Waals surface area contributed by atoms with Gasteiger partial charge in [-0.1, -0.05) is 13.0 Å². The summed E-state index contributed by atoms with van der Waals surface area (Å²) in [5, 5.41) is 0.480. The summed E-state index contributed by atoms with van der Waals surface area (Å²) >= 11 is 0. The molecule has 0 saturated carbocycles. The molecule has 1 N–H and O–H groups in total. The van der Waals surface area contributed by atoms with Crippen LogP contribution in [0.1, 0.15) is 32.6 Å². The van der Waals surface area contributed by atoms with Gasteiger partial charge in [-0.15, -0.1) is 0 Å². The number of fused-ring (bicyclic) bond motifs is 1. The van der Waals surface area contributed by atoms with Crippen LogP contribution in [0.4, 0.5) is 5.95 Å². The summed E-state index contributed by atoms with van der Waals surface area (Å²) in [7, 11) is 3.19. The highest BCUT2D eigenvalue weighted by Gasteiger charge is 2.24. The van der Waals surface area contributed by atoms with Gasteiger partial charge in [0.1, 0.15) is 0 Å². The van der Waals surface area contributed by atoms with Crippen molar-refractivity contribution in [3.05, 3.63) is 40.8 Å². The smallest absolute Gasteiger partial charge is 0.262 e. The van der Waals surface area contributed by atoms with Crippen LogP contribution in [0.2, 0.25) is 0 Å². The number of hydrogen-bond donors (Lipinski definition) is 1. The van der Waals surface area contributed by atoms with Crippen LogP contribution < -0.4 is 19.9 Å². The van der Waals surface area contributed by atoms with Gasteiger partial charge in [-0.2, -0.15) is 4.98 Å². The van der Waals surface area contributed by atoms with Gasteiger partial charge in [0.25, 0.3) is 5.56 Å².